The molecular weight excluding hydrogens is 359 g/mol. The van der Waals surface area contributed by atoms with Gasteiger partial charge in [0.2, 0.25) is 0 Å². The molecule has 148 valence electrons. The third-order valence-corrected chi connectivity index (χ3v) is 4.63. The van der Waals surface area contributed by atoms with Crippen molar-refractivity contribution in [3.8, 4) is 0 Å². The normalized spacial score (nSPS) is 10.9. The third kappa shape index (κ3) is 4.76. The quantitative estimate of drug-likeness (QED) is 0.680. The molecule has 0 atom stereocenters. The first-order valence-electron chi connectivity index (χ1n) is 9.19. The van der Waals surface area contributed by atoms with E-state index in [0.717, 1.165) is 29.8 Å². The van der Waals surface area contributed by atoms with Crippen LogP contribution in [0, 0.1) is 12.7 Å². The fourth-order valence-corrected chi connectivity index (χ4v) is 2.98. The van der Waals surface area contributed by atoms with Crippen molar-refractivity contribution >= 4 is 11.8 Å². The number of nitrogens with zero attached hydrogens (tertiary/aromatic N) is 5. The summed E-state index contributed by atoms with van der Waals surface area (Å²) < 4.78 is 17.1. The highest BCUT2D eigenvalue weighted by molar-refractivity contribution is 5.88. The maximum Gasteiger partial charge on any atom is 0.322 e. The third-order valence-electron chi connectivity index (χ3n) is 4.63. The predicted molar refractivity (Wildman–Crippen MR) is 106 cm³/mol. The van der Waals surface area contributed by atoms with Crippen LogP contribution in [-0.2, 0) is 20.0 Å². The summed E-state index contributed by atoms with van der Waals surface area (Å²) in [5.41, 5.74) is 1.63. The molecule has 0 aliphatic rings. The van der Waals surface area contributed by atoms with E-state index in [1.54, 1.807) is 35.1 Å². The van der Waals surface area contributed by atoms with Gasteiger partial charge in [-0.3, -0.25) is 5.32 Å². The molecule has 0 saturated heterocycles. The molecule has 2 amide bonds. The van der Waals surface area contributed by atoms with Crippen molar-refractivity contribution in [1.29, 1.82) is 0 Å². The van der Waals surface area contributed by atoms with Crippen LogP contribution in [0.4, 0.5) is 15.0 Å². The molecule has 2 heterocycles. The lowest BCUT2D eigenvalue weighted by Gasteiger charge is -2.19. The van der Waals surface area contributed by atoms with Gasteiger partial charge in [0, 0.05) is 45.0 Å². The van der Waals surface area contributed by atoms with Crippen molar-refractivity contribution in [2.75, 3.05) is 18.9 Å². The number of anilines is 1. The molecule has 1 N–H and O–H groups in total. The lowest BCUT2D eigenvalue weighted by molar-refractivity contribution is 0.221. The van der Waals surface area contributed by atoms with Crippen LogP contribution in [0.1, 0.15) is 23.4 Å². The maximum absolute atomic E-state index is 13.4. The van der Waals surface area contributed by atoms with E-state index in [-0.39, 0.29) is 11.8 Å². The topological polar surface area (TPSA) is 68.0 Å². The van der Waals surface area contributed by atoms with E-state index >= 15 is 0 Å². The van der Waals surface area contributed by atoms with Crippen molar-refractivity contribution in [3.05, 3.63) is 65.6 Å². The molecule has 1 aromatic carbocycles. The van der Waals surface area contributed by atoms with Crippen molar-refractivity contribution in [3.63, 3.8) is 0 Å². The Kier molecular flexibility index (Phi) is 6.08. The predicted octanol–water partition coefficient (Wildman–Crippen LogP) is 3.21. The van der Waals surface area contributed by atoms with Crippen LogP contribution in [0.25, 0.3) is 0 Å². The first-order chi connectivity index (χ1) is 13.4. The van der Waals surface area contributed by atoms with Crippen LogP contribution >= 0.6 is 0 Å². The Bertz CT molecular complexity index is 948. The Hall–Kier alpha value is -3.16. The minimum Gasteiger partial charge on any atom is -0.338 e. The maximum atomic E-state index is 13.4. The second kappa shape index (κ2) is 8.69. The van der Waals surface area contributed by atoms with E-state index in [2.05, 4.69) is 15.4 Å². The van der Waals surface area contributed by atoms with E-state index in [4.69, 9.17) is 0 Å². The highest BCUT2D eigenvalue weighted by atomic mass is 19.1. The number of halogens is 1. The Labute approximate surface area is 163 Å². The smallest absolute Gasteiger partial charge is 0.322 e. The minimum absolute atomic E-state index is 0.205. The number of imidazole rings is 1. The van der Waals surface area contributed by atoms with Gasteiger partial charge in [0.15, 0.2) is 0 Å². The molecule has 0 unspecified atom stereocenters. The van der Waals surface area contributed by atoms with Gasteiger partial charge in [-0.2, -0.15) is 5.10 Å². The SMILES string of the molecule is Cc1cnn(Cc2cccc(F)c2)c1NC(=O)N(C)CCCc1nccn1C. The molecule has 0 fully saturated rings. The molecule has 0 radical (unpaired) electrons. The molecule has 0 aliphatic carbocycles. The van der Waals surface area contributed by atoms with Gasteiger partial charge in [-0.25, -0.2) is 18.9 Å². The zero-order valence-electron chi connectivity index (χ0n) is 16.4. The van der Waals surface area contributed by atoms with Crippen LogP contribution in [0.15, 0.2) is 42.9 Å². The Morgan fingerprint density at radius 1 is 1.36 bits per heavy atom. The molecule has 28 heavy (non-hydrogen) atoms. The summed E-state index contributed by atoms with van der Waals surface area (Å²) in [6, 6.07) is 6.15. The average Bonchev–Trinajstić information content (AvgIpc) is 3.22. The monoisotopic (exact) mass is 384 g/mol. The first-order valence-corrected chi connectivity index (χ1v) is 9.19. The number of nitrogens with one attached hydrogen (secondary N) is 1. The van der Waals surface area contributed by atoms with E-state index in [0.29, 0.717) is 18.9 Å². The lowest BCUT2D eigenvalue weighted by atomic mass is 10.2. The zero-order valence-corrected chi connectivity index (χ0v) is 16.4. The van der Waals surface area contributed by atoms with E-state index in [1.165, 1.54) is 12.1 Å². The second-order valence-corrected chi connectivity index (χ2v) is 6.87. The van der Waals surface area contributed by atoms with Crippen LogP contribution < -0.4 is 5.32 Å². The van der Waals surface area contributed by atoms with Gasteiger partial charge >= 0.3 is 6.03 Å². The van der Waals surface area contributed by atoms with Crippen molar-refractivity contribution in [2.45, 2.75) is 26.3 Å². The lowest BCUT2D eigenvalue weighted by Crippen LogP contribution is -2.33. The summed E-state index contributed by atoms with van der Waals surface area (Å²) in [7, 11) is 3.72. The van der Waals surface area contributed by atoms with E-state index in [1.807, 2.05) is 30.8 Å². The van der Waals surface area contributed by atoms with Gasteiger partial charge in [-0.15, -0.1) is 0 Å². The van der Waals surface area contributed by atoms with Gasteiger partial charge in [-0.1, -0.05) is 12.1 Å². The summed E-state index contributed by atoms with van der Waals surface area (Å²) in [6.45, 7) is 2.87. The fraction of sp³-hybridized carbons (Fsp3) is 0.350. The molecule has 2 aromatic heterocycles. The van der Waals surface area contributed by atoms with Crippen LogP contribution in [-0.4, -0.2) is 43.9 Å². The minimum atomic E-state index is -0.292. The number of carbonyl (C=O) groups excluding carboxylic acids is 1. The summed E-state index contributed by atoms with van der Waals surface area (Å²) in [4.78, 5) is 18.5. The summed E-state index contributed by atoms with van der Waals surface area (Å²) in [6.07, 6.45) is 6.99. The number of hydrogen-bond donors (Lipinski definition) is 1. The van der Waals surface area contributed by atoms with Crippen molar-refractivity contribution in [2.24, 2.45) is 7.05 Å². The van der Waals surface area contributed by atoms with Crippen LogP contribution in [0.5, 0.6) is 0 Å². The highest BCUT2D eigenvalue weighted by Crippen LogP contribution is 2.17. The molecule has 7 nitrogen and oxygen atoms in total. The number of aryl methyl sites for hydroxylation is 3. The Morgan fingerprint density at radius 3 is 2.89 bits per heavy atom. The number of rotatable bonds is 7. The molecule has 0 aliphatic heterocycles. The number of hydrogen-bond acceptors (Lipinski definition) is 3. The fourth-order valence-electron chi connectivity index (χ4n) is 2.98. The number of amides is 2. The molecule has 3 rings (SSSR count). The van der Waals surface area contributed by atoms with Crippen molar-refractivity contribution in [1.82, 2.24) is 24.2 Å². The summed E-state index contributed by atoms with van der Waals surface area (Å²) in [5, 5.41) is 7.23. The van der Waals surface area contributed by atoms with Gasteiger partial charge in [0.05, 0.1) is 12.7 Å². The first kappa shape index (κ1) is 19.6. The van der Waals surface area contributed by atoms with Crippen molar-refractivity contribution < 1.29 is 9.18 Å². The van der Waals surface area contributed by atoms with Gasteiger partial charge < -0.3 is 9.47 Å². The Balaban J connectivity index is 1.58. The van der Waals surface area contributed by atoms with Crippen LogP contribution in [0.3, 0.4) is 0 Å². The molecular formula is C20H25FN6O. The molecule has 3 aromatic rings. The molecule has 8 heteroatoms. The zero-order chi connectivity index (χ0) is 20.1. The molecule has 0 saturated carbocycles. The number of aromatic nitrogens is 4. The summed E-state index contributed by atoms with van der Waals surface area (Å²) in [5.74, 6) is 1.32. The molecule has 0 bridgehead atoms. The number of urea groups is 1. The largest absolute Gasteiger partial charge is 0.338 e. The number of benzene rings is 1. The average molecular weight is 384 g/mol. The summed E-state index contributed by atoms with van der Waals surface area (Å²) >= 11 is 0. The second-order valence-electron chi connectivity index (χ2n) is 6.87. The van der Waals surface area contributed by atoms with E-state index in [9.17, 15) is 9.18 Å². The van der Waals surface area contributed by atoms with Gasteiger partial charge in [-0.05, 0) is 31.0 Å². The Morgan fingerprint density at radius 2 is 2.18 bits per heavy atom. The van der Waals surface area contributed by atoms with E-state index < -0.39 is 0 Å². The standard InChI is InChI=1S/C20H25FN6O/c1-15-13-23-27(14-16-6-4-7-17(21)12-16)19(15)24-20(28)26(3)10-5-8-18-22-9-11-25(18)2/h4,6-7,9,11-13H,5,8,10,14H2,1-3H3,(H,24,28). The van der Waals surface area contributed by atoms with Gasteiger partial charge in [0.25, 0.3) is 0 Å². The molecule has 0 spiro atoms. The van der Waals surface area contributed by atoms with Gasteiger partial charge in [0.1, 0.15) is 17.5 Å². The van der Waals surface area contributed by atoms with Crippen LogP contribution in [0.2, 0.25) is 0 Å². The highest BCUT2D eigenvalue weighted by Gasteiger charge is 2.15. The number of carbonyl (C=O) groups is 1.